The number of nitrogens with one attached hydrogen (secondary N) is 1. The number of ketones is 1. The zero-order valence-electron chi connectivity index (χ0n) is 12.0. The fourth-order valence-electron chi connectivity index (χ4n) is 1.87. The highest BCUT2D eigenvalue weighted by molar-refractivity contribution is 7.89. The number of allylic oxidation sites excluding steroid dienone is 2. The summed E-state index contributed by atoms with van der Waals surface area (Å²) in [6.07, 6.45) is 1.49. The van der Waals surface area contributed by atoms with Gasteiger partial charge in [-0.1, -0.05) is 30.3 Å². The molecule has 0 saturated carbocycles. The molecule has 0 saturated heterocycles. The van der Waals surface area contributed by atoms with E-state index in [0.29, 0.717) is 16.9 Å². The van der Waals surface area contributed by atoms with Gasteiger partial charge in [0.05, 0.1) is 4.90 Å². The minimum absolute atomic E-state index is 0.0417. The molecule has 0 bridgehead atoms. The Labute approximate surface area is 129 Å². The number of nitrogens with two attached hydrogens (primary N) is 1. The molecule has 3 N–H and O–H groups in total. The predicted molar refractivity (Wildman–Crippen MR) is 86.0 cm³/mol. The molecule has 5 nitrogen and oxygen atoms in total. The molecule has 0 aromatic heterocycles. The summed E-state index contributed by atoms with van der Waals surface area (Å²) in [4.78, 5) is 12.1. The van der Waals surface area contributed by atoms with Gasteiger partial charge in [-0.2, -0.15) is 0 Å². The van der Waals surface area contributed by atoms with Crippen LogP contribution >= 0.6 is 0 Å². The maximum atomic E-state index is 12.0. The summed E-state index contributed by atoms with van der Waals surface area (Å²) >= 11 is 0. The number of anilines is 1. The van der Waals surface area contributed by atoms with Crippen molar-refractivity contribution in [3.8, 4) is 0 Å². The lowest BCUT2D eigenvalue weighted by atomic mass is 10.1. The lowest BCUT2D eigenvalue weighted by molar-refractivity contribution is 0.104. The number of carbonyl (C=O) groups is 1. The van der Waals surface area contributed by atoms with E-state index in [-0.39, 0.29) is 10.7 Å². The van der Waals surface area contributed by atoms with E-state index in [2.05, 4.69) is 5.32 Å². The Hall–Kier alpha value is -2.44. The van der Waals surface area contributed by atoms with Crippen LogP contribution in [-0.2, 0) is 10.0 Å². The summed E-state index contributed by atoms with van der Waals surface area (Å²) in [5.74, 6) is -0.105. The molecule has 0 radical (unpaired) electrons. The molecular formula is C16H16N2O3S. The van der Waals surface area contributed by atoms with E-state index in [1.165, 1.54) is 18.2 Å². The normalized spacial score (nSPS) is 12.0. The van der Waals surface area contributed by atoms with Crippen LogP contribution in [0, 0.1) is 0 Å². The third-order valence-electron chi connectivity index (χ3n) is 2.93. The molecule has 0 amide bonds. The van der Waals surface area contributed by atoms with Gasteiger partial charge in [0.25, 0.3) is 0 Å². The van der Waals surface area contributed by atoms with E-state index < -0.39 is 10.0 Å². The van der Waals surface area contributed by atoms with Crippen LogP contribution in [0.1, 0.15) is 17.3 Å². The van der Waals surface area contributed by atoms with Gasteiger partial charge < -0.3 is 5.32 Å². The van der Waals surface area contributed by atoms with Crippen LogP contribution in [0.5, 0.6) is 0 Å². The zero-order valence-corrected chi connectivity index (χ0v) is 12.8. The zero-order chi connectivity index (χ0) is 16.2. The van der Waals surface area contributed by atoms with Crippen LogP contribution in [0.4, 0.5) is 5.69 Å². The van der Waals surface area contributed by atoms with Crippen LogP contribution in [0.15, 0.2) is 71.3 Å². The van der Waals surface area contributed by atoms with E-state index in [1.807, 2.05) is 6.07 Å². The summed E-state index contributed by atoms with van der Waals surface area (Å²) in [7, 11) is -3.70. The number of sulfonamides is 1. The Balaban J connectivity index is 2.10. The average molecular weight is 316 g/mol. The molecule has 6 heteroatoms. The van der Waals surface area contributed by atoms with Gasteiger partial charge in [0.2, 0.25) is 10.0 Å². The fraction of sp³-hybridized carbons (Fsp3) is 0.0625. The molecule has 2 aromatic rings. The van der Waals surface area contributed by atoms with Crippen molar-refractivity contribution in [3.05, 3.63) is 71.9 Å². The molecule has 0 heterocycles. The van der Waals surface area contributed by atoms with Crippen molar-refractivity contribution in [1.29, 1.82) is 0 Å². The summed E-state index contributed by atoms with van der Waals surface area (Å²) in [5.41, 5.74) is 1.92. The molecule has 0 spiro atoms. The van der Waals surface area contributed by atoms with E-state index in [1.54, 1.807) is 43.3 Å². The van der Waals surface area contributed by atoms with Crippen molar-refractivity contribution in [2.24, 2.45) is 5.14 Å². The second kappa shape index (κ2) is 6.55. The summed E-state index contributed by atoms with van der Waals surface area (Å²) in [6.45, 7) is 1.76. The third-order valence-corrected chi connectivity index (χ3v) is 3.86. The van der Waals surface area contributed by atoms with E-state index in [9.17, 15) is 13.2 Å². The van der Waals surface area contributed by atoms with Crippen molar-refractivity contribution in [1.82, 2.24) is 0 Å². The van der Waals surface area contributed by atoms with Gasteiger partial charge in [-0.05, 0) is 31.2 Å². The van der Waals surface area contributed by atoms with Gasteiger partial charge >= 0.3 is 0 Å². The Morgan fingerprint density at radius 2 is 1.64 bits per heavy atom. The van der Waals surface area contributed by atoms with E-state index >= 15 is 0 Å². The smallest absolute Gasteiger partial charge is 0.238 e. The molecule has 0 aliphatic carbocycles. The Kier molecular flexibility index (Phi) is 4.75. The Morgan fingerprint density at radius 1 is 1.05 bits per heavy atom. The maximum absolute atomic E-state index is 12.0. The van der Waals surface area contributed by atoms with Gasteiger partial charge in [0, 0.05) is 23.0 Å². The van der Waals surface area contributed by atoms with Gasteiger partial charge in [-0.3, -0.25) is 4.79 Å². The lowest BCUT2D eigenvalue weighted by Gasteiger charge is -2.07. The van der Waals surface area contributed by atoms with Crippen LogP contribution in [0.2, 0.25) is 0 Å². The molecule has 0 fully saturated rings. The van der Waals surface area contributed by atoms with Crippen LogP contribution in [0.25, 0.3) is 0 Å². The van der Waals surface area contributed by atoms with Gasteiger partial charge in [-0.25, -0.2) is 13.6 Å². The largest absolute Gasteiger partial charge is 0.359 e. The summed E-state index contributed by atoms with van der Waals surface area (Å²) in [6, 6.07) is 14.9. The molecule has 0 unspecified atom stereocenters. The second-order valence-electron chi connectivity index (χ2n) is 4.75. The highest BCUT2D eigenvalue weighted by Gasteiger charge is 2.07. The quantitative estimate of drug-likeness (QED) is 0.655. The van der Waals surface area contributed by atoms with Crippen molar-refractivity contribution in [2.45, 2.75) is 11.8 Å². The summed E-state index contributed by atoms with van der Waals surface area (Å²) < 4.78 is 22.3. The van der Waals surface area contributed by atoms with Gasteiger partial charge in [0.1, 0.15) is 0 Å². The number of rotatable bonds is 5. The Bertz CT molecular complexity index is 795. The standard InChI is InChI=1S/C16H16N2O3S/c1-12(11-16(19)13-5-3-2-4-6-13)18-14-7-9-15(10-8-14)22(17,20)21/h2-11,18H,1H3,(H2,17,20,21)/b12-11-. The number of benzene rings is 2. The van der Waals surface area contributed by atoms with Crippen LogP contribution in [0.3, 0.4) is 0 Å². The first-order chi connectivity index (χ1) is 10.4. The number of hydrogen-bond acceptors (Lipinski definition) is 4. The average Bonchev–Trinajstić information content (AvgIpc) is 2.47. The lowest BCUT2D eigenvalue weighted by Crippen LogP contribution is -2.11. The monoisotopic (exact) mass is 316 g/mol. The Morgan fingerprint density at radius 3 is 2.18 bits per heavy atom. The fourth-order valence-corrected chi connectivity index (χ4v) is 2.39. The van der Waals surface area contributed by atoms with Gasteiger partial charge in [0.15, 0.2) is 5.78 Å². The maximum Gasteiger partial charge on any atom is 0.238 e. The van der Waals surface area contributed by atoms with Crippen LogP contribution < -0.4 is 10.5 Å². The predicted octanol–water partition coefficient (Wildman–Crippen LogP) is 2.53. The minimum atomic E-state index is -3.70. The molecule has 0 atom stereocenters. The van der Waals surface area contributed by atoms with Crippen molar-refractivity contribution in [2.75, 3.05) is 5.32 Å². The van der Waals surface area contributed by atoms with Crippen molar-refractivity contribution >= 4 is 21.5 Å². The van der Waals surface area contributed by atoms with Crippen molar-refractivity contribution in [3.63, 3.8) is 0 Å². The number of primary sulfonamides is 1. The molecule has 22 heavy (non-hydrogen) atoms. The van der Waals surface area contributed by atoms with Gasteiger partial charge in [-0.15, -0.1) is 0 Å². The highest BCUT2D eigenvalue weighted by atomic mass is 32.2. The molecule has 2 aromatic carbocycles. The van der Waals surface area contributed by atoms with Crippen LogP contribution in [-0.4, -0.2) is 14.2 Å². The topological polar surface area (TPSA) is 89.3 Å². The molecule has 0 aliphatic heterocycles. The first-order valence-corrected chi connectivity index (χ1v) is 8.08. The first kappa shape index (κ1) is 15.9. The molecular weight excluding hydrogens is 300 g/mol. The molecule has 114 valence electrons. The van der Waals surface area contributed by atoms with E-state index in [0.717, 1.165) is 0 Å². The highest BCUT2D eigenvalue weighted by Crippen LogP contribution is 2.15. The van der Waals surface area contributed by atoms with Crippen molar-refractivity contribution < 1.29 is 13.2 Å². The SMILES string of the molecule is C/C(=C/C(=O)c1ccccc1)Nc1ccc(S(N)(=O)=O)cc1. The number of carbonyl (C=O) groups excluding carboxylic acids is 1. The molecule has 2 rings (SSSR count). The molecule has 0 aliphatic rings. The third kappa shape index (κ3) is 4.28. The first-order valence-electron chi connectivity index (χ1n) is 6.54. The van der Waals surface area contributed by atoms with E-state index in [4.69, 9.17) is 5.14 Å². The summed E-state index contributed by atoms with van der Waals surface area (Å²) in [5, 5.41) is 8.06. The number of hydrogen-bond donors (Lipinski definition) is 2. The second-order valence-corrected chi connectivity index (χ2v) is 6.31. The minimum Gasteiger partial charge on any atom is -0.359 e.